The first kappa shape index (κ1) is 15.5. The molecule has 0 spiro atoms. The van der Waals surface area contributed by atoms with Crippen LogP contribution in [0.25, 0.3) is 0 Å². The number of hydrogen-bond acceptors (Lipinski definition) is 4. The molecule has 4 nitrogen and oxygen atoms in total. The van der Waals surface area contributed by atoms with Crippen molar-refractivity contribution in [1.82, 2.24) is 0 Å². The number of aliphatic hydroxyl groups excluding tert-OH is 1. The second kappa shape index (κ2) is 7.73. The fraction of sp³-hybridized carbons (Fsp3) is 0.400. The van der Waals surface area contributed by atoms with Crippen LogP contribution in [0.3, 0.4) is 0 Å². The third kappa shape index (κ3) is 3.83. The minimum absolute atomic E-state index is 0. The fourth-order valence-electron chi connectivity index (χ4n) is 1.18. The number of hydrogen-bond donors (Lipinski definition) is 2. The first-order chi connectivity index (χ1) is 7.22. The van der Waals surface area contributed by atoms with E-state index in [0.29, 0.717) is 18.0 Å². The highest BCUT2D eigenvalue weighted by molar-refractivity contribution is 9.10. The Kier molecular flexibility index (Phi) is 7.49. The third-order valence-electron chi connectivity index (χ3n) is 1.86. The van der Waals surface area contributed by atoms with Crippen molar-refractivity contribution >= 4 is 28.3 Å². The molecule has 16 heavy (non-hydrogen) atoms. The molecule has 0 saturated heterocycles. The van der Waals surface area contributed by atoms with Crippen LogP contribution in [0.5, 0.6) is 11.5 Å². The Balaban J connectivity index is 0.00000225. The molecule has 0 aliphatic heterocycles. The average Bonchev–Trinajstić information content (AvgIpc) is 2.26. The van der Waals surface area contributed by atoms with Crippen LogP contribution < -0.4 is 15.2 Å². The van der Waals surface area contributed by atoms with E-state index >= 15 is 0 Å². The molecule has 0 amide bonds. The van der Waals surface area contributed by atoms with E-state index in [1.807, 2.05) is 12.1 Å². The molecule has 92 valence electrons. The van der Waals surface area contributed by atoms with Crippen molar-refractivity contribution in [1.29, 1.82) is 0 Å². The van der Waals surface area contributed by atoms with Crippen LogP contribution in [0.4, 0.5) is 0 Å². The molecule has 0 radical (unpaired) electrons. The Labute approximate surface area is 109 Å². The molecule has 0 unspecified atom stereocenters. The van der Waals surface area contributed by atoms with Gasteiger partial charge in [-0.1, -0.05) is 0 Å². The van der Waals surface area contributed by atoms with Crippen LogP contribution in [-0.2, 0) is 6.54 Å². The molecule has 0 heterocycles. The second-order valence-corrected chi connectivity index (χ2v) is 3.74. The third-order valence-corrected chi connectivity index (χ3v) is 2.45. The highest BCUT2D eigenvalue weighted by Gasteiger charge is 2.10. The number of aliphatic hydroxyl groups is 1. The molecule has 0 bridgehead atoms. The lowest BCUT2D eigenvalue weighted by Gasteiger charge is -2.13. The van der Waals surface area contributed by atoms with E-state index < -0.39 is 0 Å². The van der Waals surface area contributed by atoms with Crippen molar-refractivity contribution in [3.63, 3.8) is 0 Å². The molecular formula is C10H15BrClNO3. The lowest BCUT2D eigenvalue weighted by atomic mass is 10.2. The Bertz CT molecular complexity index is 336. The summed E-state index contributed by atoms with van der Waals surface area (Å²) in [5.74, 6) is 1.20. The minimum atomic E-state index is -0.0335. The molecule has 0 atom stereocenters. The van der Waals surface area contributed by atoms with Gasteiger partial charge in [0.15, 0.2) is 11.5 Å². The topological polar surface area (TPSA) is 64.7 Å². The van der Waals surface area contributed by atoms with E-state index in [2.05, 4.69) is 15.9 Å². The molecule has 1 rings (SSSR count). The van der Waals surface area contributed by atoms with Gasteiger partial charge in [0.25, 0.3) is 0 Å². The van der Waals surface area contributed by atoms with E-state index in [4.69, 9.17) is 20.3 Å². The van der Waals surface area contributed by atoms with Crippen molar-refractivity contribution in [2.45, 2.75) is 6.54 Å². The van der Waals surface area contributed by atoms with Crippen LogP contribution in [0.1, 0.15) is 5.56 Å². The maximum Gasteiger partial charge on any atom is 0.175 e. The fourth-order valence-corrected chi connectivity index (χ4v) is 1.78. The maximum atomic E-state index is 8.68. The number of nitrogens with two attached hydrogens (primary N) is 1. The molecule has 0 aliphatic carbocycles. The van der Waals surface area contributed by atoms with Gasteiger partial charge in [-0.25, -0.2) is 0 Å². The van der Waals surface area contributed by atoms with E-state index in [0.717, 1.165) is 10.0 Å². The molecule has 0 aliphatic rings. The molecule has 3 N–H and O–H groups in total. The van der Waals surface area contributed by atoms with E-state index in [1.165, 1.54) is 0 Å². The zero-order valence-corrected chi connectivity index (χ0v) is 11.3. The first-order valence-electron chi connectivity index (χ1n) is 4.53. The van der Waals surface area contributed by atoms with Gasteiger partial charge in [0.1, 0.15) is 6.61 Å². The standard InChI is InChI=1S/C10H14BrNO3.ClH/c1-14-9-5-7(6-12)4-8(11)10(9)15-3-2-13;/h4-5,13H,2-3,6,12H2,1H3;1H. The number of benzene rings is 1. The number of methoxy groups -OCH3 is 1. The molecule has 0 fully saturated rings. The quantitative estimate of drug-likeness (QED) is 0.869. The Hall–Kier alpha value is -0.490. The van der Waals surface area contributed by atoms with E-state index in [1.54, 1.807) is 7.11 Å². The highest BCUT2D eigenvalue weighted by atomic mass is 79.9. The zero-order valence-electron chi connectivity index (χ0n) is 8.90. The van der Waals surface area contributed by atoms with Gasteiger partial charge in [-0.2, -0.15) is 0 Å². The van der Waals surface area contributed by atoms with Crippen LogP contribution in [0.2, 0.25) is 0 Å². The molecule has 0 saturated carbocycles. The monoisotopic (exact) mass is 311 g/mol. The highest BCUT2D eigenvalue weighted by Crippen LogP contribution is 2.36. The molecule has 1 aromatic rings. The van der Waals surface area contributed by atoms with Crippen LogP contribution >= 0.6 is 28.3 Å². The minimum Gasteiger partial charge on any atom is -0.493 e. The summed E-state index contributed by atoms with van der Waals surface area (Å²) < 4.78 is 11.3. The van der Waals surface area contributed by atoms with Gasteiger partial charge in [-0.05, 0) is 33.6 Å². The molecule has 0 aromatic heterocycles. The molecule has 6 heteroatoms. The first-order valence-corrected chi connectivity index (χ1v) is 5.32. The van der Waals surface area contributed by atoms with Gasteiger partial charge < -0.3 is 20.3 Å². The normalized spacial score (nSPS) is 9.50. The largest absolute Gasteiger partial charge is 0.493 e. The van der Waals surface area contributed by atoms with E-state index in [-0.39, 0.29) is 25.6 Å². The SMILES string of the molecule is COc1cc(CN)cc(Br)c1OCCO.Cl. The zero-order chi connectivity index (χ0) is 11.3. The summed E-state index contributed by atoms with van der Waals surface area (Å²) in [5, 5.41) is 8.68. The number of ether oxygens (including phenoxy) is 2. The second-order valence-electron chi connectivity index (χ2n) is 2.89. The summed E-state index contributed by atoms with van der Waals surface area (Å²) in [7, 11) is 1.56. The van der Waals surface area contributed by atoms with Gasteiger partial charge in [0.05, 0.1) is 18.2 Å². The van der Waals surface area contributed by atoms with Crippen LogP contribution in [0, 0.1) is 0 Å². The van der Waals surface area contributed by atoms with Gasteiger partial charge in [-0.15, -0.1) is 12.4 Å². The van der Waals surface area contributed by atoms with Crippen LogP contribution in [-0.4, -0.2) is 25.4 Å². The summed E-state index contributed by atoms with van der Waals surface area (Å²) in [4.78, 5) is 0. The van der Waals surface area contributed by atoms with Gasteiger partial charge in [-0.3, -0.25) is 0 Å². The number of rotatable bonds is 5. The lowest BCUT2D eigenvalue weighted by Crippen LogP contribution is -2.05. The summed E-state index contributed by atoms with van der Waals surface area (Å²) in [6.45, 7) is 0.639. The van der Waals surface area contributed by atoms with Crippen molar-refractivity contribution in [2.24, 2.45) is 5.73 Å². The average molecular weight is 313 g/mol. The molecule has 1 aromatic carbocycles. The van der Waals surface area contributed by atoms with Gasteiger partial charge >= 0.3 is 0 Å². The summed E-state index contributed by atoms with van der Waals surface area (Å²) in [5.41, 5.74) is 6.49. The maximum absolute atomic E-state index is 8.68. The molecular weight excluding hydrogens is 297 g/mol. The van der Waals surface area contributed by atoms with Crippen LogP contribution in [0.15, 0.2) is 16.6 Å². The number of halogens is 2. The van der Waals surface area contributed by atoms with Crippen molar-refractivity contribution < 1.29 is 14.6 Å². The van der Waals surface area contributed by atoms with Gasteiger partial charge in [0, 0.05) is 6.54 Å². The summed E-state index contributed by atoms with van der Waals surface area (Å²) >= 11 is 3.37. The smallest absolute Gasteiger partial charge is 0.175 e. The Morgan fingerprint density at radius 1 is 1.44 bits per heavy atom. The van der Waals surface area contributed by atoms with Crippen molar-refractivity contribution in [3.8, 4) is 11.5 Å². The van der Waals surface area contributed by atoms with Gasteiger partial charge in [0.2, 0.25) is 0 Å². The Morgan fingerprint density at radius 2 is 2.12 bits per heavy atom. The predicted molar refractivity (Wildman–Crippen MR) is 68.4 cm³/mol. The summed E-state index contributed by atoms with van der Waals surface area (Å²) in [6.07, 6.45) is 0. The lowest BCUT2D eigenvalue weighted by molar-refractivity contribution is 0.195. The van der Waals surface area contributed by atoms with E-state index in [9.17, 15) is 0 Å². The predicted octanol–water partition coefficient (Wildman–Crippen LogP) is 1.71. The van der Waals surface area contributed by atoms with Crippen molar-refractivity contribution in [3.05, 3.63) is 22.2 Å². The summed E-state index contributed by atoms with van der Waals surface area (Å²) in [6, 6.07) is 3.69. The Morgan fingerprint density at radius 3 is 2.62 bits per heavy atom. The van der Waals surface area contributed by atoms with Crippen molar-refractivity contribution in [2.75, 3.05) is 20.3 Å².